The van der Waals surface area contributed by atoms with E-state index in [4.69, 9.17) is 19.4 Å². The second kappa shape index (κ2) is 15.5. The number of hydrogen-bond donors (Lipinski definition) is 0. The molecule has 4 nitrogen and oxygen atoms in total. The number of benzene rings is 9. The highest BCUT2D eigenvalue weighted by Crippen LogP contribution is 2.38. The fraction of sp³-hybridized carbons (Fsp3) is 0. The van der Waals surface area contributed by atoms with Crippen molar-refractivity contribution in [1.82, 2.24) is 15.0 Å². The van der Waals surface area contributed by atoms with Gasteiger partial charge in [0.05, 0.1) is 0 Å². The highest BCUT2D eigenvalue weighted by molar-refractivity contribution is 6.09. The monoisotopic (exact) mass is 779 g/mol. The van der Waals surface area contributed by atoms with E-state index in [1.165, 1.54) is 0 Å². The Bertz CT molecular complexity index is 3350. The van der Waals surface area contributed by atoms with Gasteiger partial charge in [-0.3, -0.25) is 0 Å². The zero-order chi connectivity index (χ0) is 40.5. The molecule has 4 heteroatoms. The molecule has 9 aromatic carbocycles. The second-order valence-corrected chi connectivity index (χ2v) is 15.2. The number of furan rings is 1. The van der Waals surface area contributed by atoms with Crippen LogP contribution in [0.3, 0.4) is 0 Å². The minimum absolute atomic E-state index is 0.612. The molecule has 0 aliphatic rings. The Balaban J connectivity index is 0.979. The normalized spacial score (nSPS) is 11.3. The van der Waals surface area contributed by atoms with Crippen molar-refractivity contribution in [2.24, 2.45) is 0 Å². The van der Waals surface area contributed by atoms with Crippen LogP contribution >= 0.6 is 0 Å². The Kier molecular flexibility index (Phi) is 9.14. The van der Waals surface area contributed by atoms with Crippen LogP contribution in [-0.4, -0.2) is 15.0 Å². The van der Waals surface area contributed by atoms with Gasteiger partial charge < -0.3 is 4.42 Å². The molecule has 0 N–H and O–H groups in total. The van der Waals surface area contributed by atoms with Crippen molar-refractivity contribution in [3.63, 3.8) is 0 Å². The minimum Gasteiger partial charge on any atom is -0.455 e. The van der Waals surface area contributed by atoms with Crippen LogP contribution < -0.4 is 0 Å². The van der Waals surface area contributed by atoms with Crippen molar-refractivity contribution in [2.45, 2.75) is 0 Å². The Hall–Kier alpha value is -8.21. The predicted octanol–water partition coefficient (Wildman–Crippen LogP) is 15.1. The van der Waals surface area contributed by atoms with Crippen LogP contribution in [0.2, 0.25) is 0 Å². The molecule has 0 saturated heterocycles. The smallest absolute Gasteiger partial charge is 0.164 e. The van der Waals surface area contributed by atoms with Crippen LogP contribution in [0.25, 0.3) is 112 Å². The van der Waals surface area contributed by atoms with Crippen LogP contribution in [0.15, 0.2) is 229 Å². The van der Waals surface area contributed by atoms with Crippen LogP contribution in [0.1, 0.15) is 0 Å². The summed E-state index contributed by atoms with van der Waals surface area (Å²) in [5.74, 6) is 1.85. The molecule has 0 aliphatic carbocycles. The van der Waals surface area contributed by atoms with Gasteiger partial charge in [0.1, 0.15) is 11.2 Å². The summed E-state index contributed by atoms with van der Waals surface area (Å²) in [6, 6.07) is 78.2. The van der Waals surface area contributed by atoms with E-state index in [1.54, 1.807) is 0 Å². The molecule has 0 unspecified atom stereocenters. The van der Waals surface area contributed by atoms with Crippen LogP contribution in [-0.2, 0) is 0 Å². The third-order valence-electron chi connectivity index (χ3n) is 11.4. The third-order valence-corrected chi connectivity index (χ3v) is 11.4. The Morgan fingerprint density at radius 3 is 1.38 bits per heavy atom. The van der Waals surface area contributed by atoms with Gasteiger partial charge in [-0.15, -0.1) is 0 Å². The standard InChI is InChI=1S/C57H37N3O/c1-3-15-38(16-4-1)39-31-33-41(34-32-39)55-58-56(60-57(59-55)52-27-8-7-25-48(52)40-17-5-2-6-18-40)47-24-13-22-45(37-47)43-20-11-19-42(35-43)44-21-12-23-46(36-44)49-28-14-29-51-50-26-9-10-30-53(50)61-54(49)51/h1-37H. The van der Waals surface area contributed by atoms with Gasteiger partial charge in [-0.05, 0) is 74.3 Å². The van der Waals surface area contributed by atoms with E-state index in [0.29, 0.717) is 17.5 Å². The van der Waals surface area contributed by atoms with Gasteiger partial charge >= 0.3 is 0 Å². The molecule has 0 spiro atoms. The first-order chi connectivity index (χ1) is 30.2. The van der Waals surface area contributed by atoms with E-state index in [9.17, 15) is 0 Å². The summed E-state index contributed by atoms with van der Waals surface area (Å²) in [7, 11) is 0. The number of hydrogen-bond acceptors (Lipinski definition) is 4. The molecular formula is C57H37N3O. The number of fused-ring (bicyclic) bond motifs is 3. The average molecular weight is 780 g/mol. The lowest BCUT2D eigenvalue weighted by Gasteiger charge is -2.13. The fourth-order valence-electron chi connectivity index (χ4n) is 8.30. The van der Waals surface area contributed by atoms with Crippen LogP contribution in [0.5, 0.6) is 0 Å². The molecule has 0 fully saturated rings. The lowest BCUT2D eigenvalue weighted by molar-refractivity contribution is 0.670. The Labute approximate surface area is 354 Å². The fourth-order valence-corrected chi connectivity index (χ4v) is 8.30. The van der Waals surface area contributed by atoms with Crippen molar-refractivity contribution >= 4 is 21.9 Å². The van der Waals surface area contributed by atoms with Crippen LogP contribution in [0.4, 0.5) is 0 Å². The average Bonchev–Trinajstić information content (AvgIpc) is 3.74. The maximum atomic E-state index is 6.41. The first-order valence-electron chi connectivity index (χ1n) is 20.5. The number of rotatable bonds is 8. The molecule has 2 heterocycles. The topological polar surface area (TPSA) is 51.8 Å². The molecule has 61 heavy (non-hydrogen) atoms. The van der Waals surface area contributed by atoms with E-state index in [1.807, 2.05) is 30.3 Å². The van der Waals surface area contributed by atoms with Gasteiger partial charge in [0.25, 0.3) is 0 Å². The summed E-state index contributed by atoms with van der Waals surface area (Å²) in [5.41, 5.74) is 15.7. The summed E-state index contributed by atoms with van der Waals surface area (Å²) >= 11 is 0. The summed E-state index contributed by atoms with van der Waals surface area (Å²) in [5, 5.41) is 2.25. The Morgan fingerprint density at radius 2 is 0.672 bits per heavy atom. The summed E-state index contributed by atoms with van der Waals surface area (Å²) in [4.78, 5) is 15.5. The van der Waals surface area contributed by atoms with E-state index in [0.717, 1.165) is 94.3 Å². The molecule has 0 bridgehead atoms. The van der Waals surface area contributed by atoms with E-state index in [2.05, 4.69) is 194 Å². The first kappa shape index (κ1) is 35.9. The van der Waals surface area contributed by atoms with Gasteiger partial charge in [0, 0.05) is 33.0 Å². The van der Waals surface area contributed by atoms with Gasteiger partial charge in [0.15, 0.2) is 17.5 Å². The van der Waals surface area contributed by atoms with E-state index >= 15 is 0 Å². The maximum Gasteiger partial charge on any atom is 0.164 e. The number of nitrogens with zero attached hydrogens (tertiary/aromatic N) is 3. The van der Waals surface area contributed by atoms with Crippen LogP contribution in [0, 0.1) is 0 Å². The second-order valence-electron chi connectivity index (χ2n) is 15.2. The molecular weight excluding hydrogens is 743 g/mol. The zero-order valence-corrected chi connectivity index (χ0v) is 33.1. The SMILES string of the molecule is c1ccc(-c2ccc(-c3nc(-c4cccc(-c5cccc(-c6cccc(-c7cccc8c7oc7ccccc78)c6)c5)c4)nc(-c4ccccc4-c4ccccc4)n3)cc2)cc1. The van der Waals surface area contributed by atoms with Gasteiger partial charge in [0.2, 0.25) is 0 Å². The Morgan fingerprint density at radius 1 is 0.246 bits per heavy atom. The molecule has 286 valence electrons. The molecule has 0 atom stereocenters. The van der Waals surface area contributed by atoms with E-state index < -0.39 is 0 Å². The van der Waals surface area contributed by atoms with Gasteiger partial charge in [-0.1, -0.05) is 200 Å². The lowest BCUT2D eigenvalue weighted by Crippen LogP contribution is -2.01. The summed E-state index contributed by atoms with van der Waals surface area (Å²) < 4.78 is 6.41. The van der Waals surface area contributed by atoms with Crippen molar-refractivity contribution in [3.8, 4) is 89.8 Å². The molecule has 0 amide bonds. The largest absolute Gasteiger partial charge is 0.455 e. The molecule has 0 radical (unpaired) electrons. The quantitative estimate of drug-likeness (QED) is 0.154. The van der Waals surface area contributed by atoms with Gasteiger partial charge in [-0.25, -0.2) is 15.0 Å². The molecule has 0 aliphatic heterocycles. The third kappa shape index (κ3) is 6.96. The molecule has 11 aromatic rings. The van der Waals surface area contributed by atoms with E-state index in [-0.39, 0.29) is 0 Å². The highest BCUT2D eigenvalue weighted by Gasteiger charge is 2.17. The first-order valence-corrected chi connectivity index (χ1v) is 20.5. The van der Waals surface area contributed by atoms with Crippen molar-refractivity contribution < 1.29 is 4.42 Å². The summed E-state index contributed by atoms with van der Waals surface area (Å²) in [6.45, 7) is 0. The summed E-state index contributed by atoms with van der Waals surface area (Å²) in [6.07, 6.45) is 0. The molecule has 0 saturated carbocycles. The van der Waals surface area contributed by atoms with Gasteiger partial charge in [-0.2, -0.15) is 0 Å². The lowest BCUT2D eigenvalue weighted by atomic mass is 9.95. The minimum atomic E-state index is 0.612. The van der Waals surface area contributed by atoms with Crippen molar-refractivity contribution in [2.75, 3.05) is 0 Å². The molecule has 2 aromatic heterocycles. The van der Waals surface area contributed by atoms with Crippen molar-refractivity contribution in [3.05, 3.63) is 224 Å². The number of aromatic nitrogens is 3. The molecule has 11 rings (SSSR count). The zero-order valence-electron chi connectivity index (χ0n) is 33.1. The highest BCUT2D eigenvalue weighted by atomic mass is 16.3. The predicted molar refractivity (Wildman–Crippen MR) is 251 cm³/mol. The van der Waals surface area contributed by atoms with Crippen molar-refractivity contribution in [1.29, 1.82) is 0 Å². The maximum absolute atomic E-state index is 6.41. The number of para-hydroxylation sites is 2.